The molecule has 19 heavy (non-hydrogen) atoms. The lowest BCUT2D eigenvalue weighted by Crippen LogP contribution is -2.22. The first kappa shape index (κ1) is 15.8. The zero-order valence-electron chi connectivity index (χ0n) is 11.5. The number of nitrogens with one attached hydrogen (secondary N) is 1. The second kappa shape index (κ2) is 8.01. The largest absolute Gasteiger partial charge is 0.492 e. The zero-order valence-corrected chi connectivity index (χ0v) is 12.3. The molecule has 0 heterocycles. The fourth-order valence-electron chi connectivity index (χ4n) is 1.51. The highest BCUT2D eigenvalue weighted by Crippen LogP contribution is 2.24. The minimum atomic E-state index is -0.384. The molecule has 0 atom stereocenters. The number of hydrogen-bond acceptors (Lipinski definition) is 5. The Labute approximate surface area is 117 Å². The molecule has 6 heteroatoms. The van der Waals surface area contributed by atoms with Gasteiger partial charge in [-0.2, -0.15) is 11.8 Å². The number of nitro benzene ring substituents is 1. The van der Waals surface area contributed by atoms with Crippen molar-refractivity contribution in [2.24, 2.45) is 0 Å². The van der Waals surface area contributed by atoms with Crippen LogP contribution in [0.25, 0.3) is 0 Å². The van der Waals surface area contributed by atoms with Gasteiger partial charge in [0.05, 0.1) is 11.5 Å². The van der Waals surface area contributed by atoms with Crippen molar-refractivity contribution in [1.29, 1.82) is 0 Å². The smallest absolute Gasteiger partial charge is 0.270 e. The number of non-ortho nitro benzene ring substituents is 1. The summed E-state index contributed by atoms with van der Waals surface area (Å²) in [6.07, 6.45) is 2.01. The summed E-state index contributed by atoms with van der Waals surface area (Å²) in [5.74, 6) is 1.61. The summed E-state index contributed by atoms with van der Waals surface area (Å²) < 4.78 is 5.66. The molecule has 0 bridgehead atoms. The van der Waals surface area contributed by atoms with Gasteiger partial charge in [-0.05, 0) is 12.3 Å². The predicted octanol–water partition coefficient (Wildman–Crippen LogP) is 2.83. The van der Waals surface area contributed by atoms with E-state index in [9.17, 15) is 10.1 Å². The molecule has 0 saturated carbocycles. The van der Waals surface area contributed by atoms with Crippen LogP contribution in [0.15, 0.2) is 18.2 Å². The normalized spacial score (nSPS) is 10.7. The third-order valence-corrected chi connectivity index (χ3v) is 3.08. The number of thioether (sulfide) groups is 1. The van der Waals surface area contributed by atoms with Gasteiger partial charge in [0.25, 0.3) is 5.69 Å². The molecule has 0 aliphatic heterocycles. The van der Waals surface area contributed by atoms with Crippen molar-refractivity contribution in [3.8, 4) is 5.75 Å². The lowest BCUT2D eigenvalue weighted by Gasteiger charge is -2.13. The fourth-order valence-corrected chi connectivity index (χ4v) is 1.76. The van der Waals surface area contributed by atoms with Gasteiger partial charge in [-0.25, -0.2) is 0 Å². The van der Waals surface area contributed by atoms with Crippen molar-refractivity contribution in [2.45, 2.75) is 26.4 Å². The maximum atomic E-state index is 10.8. The molecule has 1 rings (SSSR count). The summed E-state index contributed by atoms with van der Waals surface area (Å²) in [5, 5.41) is 14.1. The molecule has 0 saturated heterocycles. The number of benzene rings is 1. The Morgan fingerprint density at radius 1 is 1.47 bits per heavy atom. The Kier molecular flexibility index (Phi) is 6.66. The van der Waals surface area contributed by atoms with Crippen LogP contribution < -0.4 is 10.1 Å². The number of nitro groups is 1. The SMILES string of the molecule is CSCCOc1ccc([N+](=O)[O-])cc1CNC(C)C. The lowest BCUT2D eigenvalue weighted by atomic mass is 10.1. The van der Waals surface area contributed by atoms with Crippen LogP contribution in [0.5, 0.6) is 5.75 Å². The Balaban J connectivity index is 2.84. The molecule has 1 aromatic carbocycles. The van der Waals surface area contributed by atoms with E-state index in [0.29, 0.717) is 24.9 Å². The Bertz CT molecular complexity index is 424. The van der Waals surface area contributed by atoms with Crippen molar-refractivity contribution < 1.29 is 9.66 Å². The molecule has 0 spiro atoms. The van der Waals surface area contributed by atoms with Gasteiger partial charge in [-0.1, -0.05) is 13.8 Å². The molecule has 0 radical (unpaired) electrons. The third-order valence-electron chi connectivity index (χ3n) is 2.50. The molecule has 1 aromatic rings. The average molecular weight is 284 g/mol. The van der Waals surface area contributed by atoms with Crippen LogP contribution in [0.4, 0.5) is 5.69 Å². The number of hydrogen-bond donors (Lipinski definition) is 1. The first-order chi connectivity index (χ1) is 9.04. The van der Waals surface area contributed by atoms with E-state index in [-0.39, 0.29) is 10.6 Å². The van der Waals surface area contributed by atoms with Gasteiger partial charge in [0.15, 0.2) is 0 Å². The van der Waals surface area contributed by atoms with Gasteiger partial charge >= 0.3 is 0 Å². The molecular weight excluding hydrogens is 264 g/mol. The standard InChI is InChI=1S/C13H20N2O3S/c1-10(2)14-9-11-8-12(15(16)17)4-5-13(11)18-6-7-19-3/h4-5,8,10,14H,6-7,9H2,1-3H3. The molecule has 0 aromatic heterocycles. The summed E-state index contributed by atoms with van der Waals surface area (Å²) in [6, 6.07) is 5.05. The maximum absolute atomic E-state index is 10.8. The number of ether oxygens (including phenoxy) is 1. The lowest BCUT2D eigenvalue weighted by molar-refractivity contribution is -0.384. The van der Waals surface area contributed by atoms with Crippen LogP contribution in [0.2, 0.25) is 0 Å². The van der Waals surface area contributed by atoms with E-state index in [4.69, 9.17) is 4.74 Å². The molecule has 0 amide bonds. The molecule has 0 aliphatic rings. The minimum absolute atomic E-state index is 0.0952. The van der Waals surface area contributed by atoms with Crippen molar-refractivity contribution in [3.63, 3.8) is 0 Å². The van der Waals surface area contributed by atoms with E-state index in [2.05, 4.69) is 5.32 Å². The highest BCUT2D eigenvalue weighted by molar-refractivity contribution is 7.98. The average Bonchev–Trinajstić information content (AvgIpc) is 2.37. The quantitative estimate of drug-likeness (QED) is 0.452. The van der Waals surface area contributed by atoms with Crippen molar-refractivity contribution >= 4 is 17.4 Å². The van der Waals surface area contributed by atoms with Gasteiger partial charge in [-0.15, -0.1) is 0 Å². The van der Waals surface area contributed by atoms with Crippen molar-refractivity contribution in [3.05, 3.63) is 33.9 Å². The molecule has 5 nitrogen and oxygen atoms in total. The number of nitrogens with zero attached hydrogens (tertiary/aromatic N) is 1. The van der Waals surface area contributed by atoms with Crippen LogP contribution in [0.1, 0.15) is 19.4 Å². The molecule has 106 valence electrons. The topological polar surface area (TPSA) is 64.4 Å². The highest BCUT2D eigenvalue weighted by atomic mass is 32.2. The van der Waals surface area contributed by atoms with E-state index in [1.165, 1.54) is 6.07 Å². The van der Waals surface area contributed by atoms with Crippen LogP contribution in [-0.4, -0.2) is 29.6 Å². The zero-order chi connectivity index (χ0) is 14.3. The maximum Gasteiger partial charge on any atom is 0.270 e. The van der Waals surface area contributed by atoms with E-state index < -0.39 is 0 Å². The molecule has 0 fully saturated rings. The Morgan fingerprint density at radius 2 is 2.21 bits per heavy atom. The molecule has 0 unspecified atom stereocenters. The second-order valence-electron chi connectivity index (χ2n) is 4.43. The van der Waals surface area contributed by atoms with Crippen LogP contribution in [0, 0.1) is 10.1 Å². The monoisotopic (exact) mass is 284 g/mol. The first-order valence-corrected chi connectivity index (χ1v) is 7.56. The Hall–Kier alpha value is -1.27. The summed E-state index contributed by atoms with van der Waals surface area (Å²) >= 11 is 1.70. The molecule has 0 aliphatic carbocycles. The third kappa shape index (κ3) is 5.48. The predicted molar refractivity (Wildman–Crippen MR) is 78.9 cm³/mol. The van der Waals surface area contributed by atoms with Gasteiger partial charge in [0, 0.05) is 36.0 Å². The first-order valence-electron chi connectivity index (χ1n) is 6.17. The second-order valence-corrected chi connectivity index (χ2v) is 5.41. The summed E-state index contributed by atoms with van der Waals surface area (Å²) in [4.78, 5) is 10.4. The molecular formula is C13H20N2O3S. The van der Waals surface area contributed by atoms with Crippen LogP contribution >= 0.6 is 11.8 Å². The number of rotatable bonds is 8. The van der Waals surface area contributed by atoms with E-state index in [0.717, 1.165) is 11.3 Å². The van der Waals surface area contributed by atoms with Gasteiger partial charge in [0.1, 0.15) is 5.75 Å². The van der Waals surface area contributed by atoms with Crippen LogP contribution in [0.3, 0.4) is 0 Å². The van der Waals surface area contributed by atoms with E-state index in [1.807, 2.05) is 20.1 Å². The van der Waals surface area contributed by atoms with Gasteiger partial charge < -0.3 is 10.1 Å². The van der Waals surface area contributed by atoms with Gasteiger partial charge in [0.2, 0.25) is 0 Å². The summed E-state index contributed by atoms with van der Waals surface area (Å²) in [5.41, 5.74) is 0.918. The van der Waals surface area contributed by atoms with E-state index >= 15 is 0 Å². The van der Waals surface area contributed by atoms with Crippen molar-refractivity contribution in [2.75, 3.05) is 18.6 Å². The van der Waals surface area contributed by atoms with E-state index in [1.54, 1.807) is 23.9 Å². The summed E-state index contributed by atoms with van der Waals surface area (Å²) in [6.45, 7) is 5.23. The highest BCUT2D eigenvalue weighted by Gasteiger charge is 2.12. The molecule has 1 N–H and O–H groups in total. The van der Waals surface area contributed by atoms with Crippen LogP contribution in [-0.2, 0) is 6.54 Å². The summed E-state index contributed by atoms with van der Waals surface area (Å²) in [7, 11) is 0. The van der Waals surface area contributed by atoms with Gasteiger partial charge in [-0.3, -0.25) is 10.1 Å². The fraction of sp³-hybridized carbons (Fsp3) is 0.538. The Morgan fingerprint density at radius 3 is 2.79 bits per heavy atom. The van der Waals surface area contributed by atoms with Crippen molar-refractivity contribution in [1.82, 2.24) is 5.32 Å². The minimum Gasteiger partial charge on any atom is -0.492 e.